The van der Waals surface area contributed by atoms with Crippen LogP contribution in [0.2, 0.25) is 0 Å². The zero-order valence-electron chi connectivity index (χ0n) is 20.4. The van der Waals surface area contributed by atoms with Crippen molar-refractivity contribution in [3.05, 3.63) is 77.9 Å². The number of hydrazone groups is 1. The number of hydrogen-bond acceptors (Lipinski definition) is 8. The molecular formula is C27H26N4O4S2. The molecule has 0 fully saturated rings. The van der Waals surface area contributed by atoms with E-state index < -0.39 is 0 Å². The minimum atomic E-state index is -0.275. The molecule has 4 rings (SSSR count). The number of carbonyl (C=O) groups excluding carboxylic acids is 2. The van der Waals surface area contributed by atoms with Crippen molar-refractivity contribution in [3.8, 4) is 11.5 Å². The van der Waals surface area contributed by atoms with Crippen LogP contribution in [0.1, 0.15) is 18.1 Å². The molecule has 0 bridgehead atoms. The van der Waals surface area contributed by atoms with Gasteiger partial charge in [-0.3, -0.25) is 9.59 Å². The molecular weight excluding hydrogens is 508 g/mol. The fourth-order valence-corrected chi connectivity index (χ4v) is 5.08. The van der Waals surface area contributed by atoms with E-state index in [9.17, 15) is 9.59 Å². The number of fused-ring (bicyclic) bond motifs is 1. The van der Waals surface area contributed by atoms with Crippen molar-refractivity contribution < 1.29 is 19.1 Å². The Labute approximate surface area is 223 Å². The standard InChI is InChI=1S/C27H26N4O4S2/c1-3-34-23-14-19(10-13-22(23)35-16-25(32)29-20-11-8-18(2)9-12-20)15-28-31-26(33)17-36-27-30-21-6-4-5-7-24(21)37-27/h4-15H,3,16-17H2,1-2H3,(H,29,32)(H,31,33)/b28-15+. The first kappa shape index (κ1) is 26.2. The first-order valence-electron chi connectivity index (χ1n) is 11.6. The number of carbonyl (C=O) groups is 2. The number of thiazole rings is 1. The smallest absolute Gasteiger partial charge is 0.262 e. The monoisotopic (exact) mass is 534 g/mol. The van der Waals surface area contributed by atoms with Crippen molar-refractivity contribution >= 4 is 57.0 Å². The summed E-state index contributed by atoms with van der Waals surface area (Å²) in [5.41, 5.74) is 5.98. The Morgan fingerprint density at radius 1 is 1.03 bits per heavy atom. The van der Waals surface area contributed by atoms with E-state index in [1.807, 2.05) is 62.4 Å². The molecule has 0 spiro atoms. The number of benzene rings is 3. The van der Waals surface area contributed by atoms with Gasteiger partial charge in [0.2, 0.25) is 0 Å². The maximum absolute atomic E-state index is 12.3. The molecule has 0 unspecified atom stereocenters. The number of aromatic nitrogens is 1. The zero-order chi connectivity index (χ0) is 26.0. The lowest BCUT2D eigenvalue weighted by molar-refractivity contribution is -0.119. The Morgan fingerprint density at radius 2 is 1.84 bits per heavy atom. The molecule has 0 radical (unpaired) electrons. The molecule has 0 aliphatic rings. The van der Waals surface area contributed by atoms with Crippen molar-refractivity contribution in [2.45, 2.75) is 18.2 Å². The summed E-state index contributed by atoms with van der Waals surface area (Å²) in [6.07, 6.45) is 1.52. The number of nitrogens with zero attached hydrogens (tertiary/aromatic N) is 2. The Bertz CT molecular complexity index is 1370. The molecule has 0 aliphatic heterocycles. The fraction of sp³-hybridized carbons (Fsp3) is 0.185. The van der Waals surface area contributed by atoms with Crippen molar-refractivity contribution in [2.75, 3.05) is 24.3 Å². The molecule has 4 aromatic rings. The van der Waals surface area contributed by atoms with Crippen LogP contribution in [0.15, 0.2) is 76.2 Å². The van der Waals surface area contributed by atoms with Crippen LogP contribution in [-0.4, -0.2) is 42.0 Å². The van der Waals surface area contributed by atoms with E-state index in [4.69, 9.17) is 9.47 Å². The first-order valence-corrected chi connectivity index (χ1v) is 13.4. The lowest BCUT2D eigenvalue weighted by Gasteiger charge is -2.12. The van der Waals surface area contributed by atoms with Crippen molar-refractivity contribution in [2.24, 2.45) is 5.10 Å². The highest BCUT2D eigenvalue weighted by molar-refractivity contribution is 8.01. The van der Waals surface area contributed by atoms with Crippen LogP contribution >= 0.6 is 23.1 Å². The Balaban J connectivity index is 1.27. The predicted molar refractivity (Wildman–Crippen MR) is 149 cm³/mol. The van der Waals surface area contributed by atoms with Gasteiger partial charge in [0.05, 0.1) is 28.8 Å². The lowest BCUT2D eigenvalue weighted by atomic mass is 10.2. The molecule has 0 atom stereocenters. The summed E-state index contributed by atoms with van der Waals surface area (Å²) in [6.45, 7) is 4.10. The van der Waals surface area contributed by atoms with E-state index in [1.54, 1.807) is 29.5 Å². The summed E-state index contributed by atoms with van der Waals surface area (Å²) in [5.74, 6) is 0.619. The Kier molecular flexibility index (Phi) is 9.12. The van der Waals surface area contributed by atoms with Gasteiger partial charge in [-0.05, 0) is 61.9 Å². The predicted octanol–water partition coefficient (Wildman–Crippen LogP) is 5.26. The van der Waals surface area contributed by atoms with Gasteiger partial charge >= 0.3 is 0 Å². The average Bonchev–Trinajstić information content (AvgIpc) is 3.32. The van der Waals surface area contributed by atoms with Crippen LogP contribution in [0, 0.1) is 6.92 Å². The maximum atomic E-state index is 12.3. The van der Waals surface area contributed by atoms with Gasteiger partial charge in [-0.2, -0.15) is 5.10 Å². The topological polar surface area (TPSA) is 102 Å². The second kappa shape index (κ2) is 12.9. The summed E-state index contributed by atoms with van der Waals surface area (Å²) < 4.78 is 13.3. The van der Waals surface area contributed by atoms with E-state index in [-0.39, 0.29) is 24.2 Å². The molecule has 37 heavy (non-hydrogen) atoms. The number of aryl methyl sites for hydroxylation is 1. The van der Waals surface area contributed by atoms with E-state index in [2.05, 4.69) is 20.8 Å². The van der Waals surface area contributed by atoms with Crippen LogP contribution in [0.3, 0.4) is 0 Å². The van der Waals surface area contributed by atoms with Gasteiger partial charge in [-0.15, -0.1) is 11.3 Å². The number of hydrogen-bond donors (Lipinski definition) is 2. The number of anilines is 1. The summed E-state index contributed by atoms with van der Waals surface area (Å²) in [6, 6.07) is 20.6. The Hall–Kier alpha value is -3.89. The SMILES string of the molecule is CCOc1cc(/C=N/NC(=O)CSc2nc3ccccc3s2)ccc1OCC(=O)Nc1ccc(C)cc1. The number of rotatable bonds is 11. The quantitative estimate of drug-likeness (QED) is 0.155. The summed E-state index contributed by atoms with van der Waals surface area (Å²) in [5, 5.41) is 6.84. The number of amides is 2. The highest BCUT2D eigenvalue weighted by atomic mass is 32.2. The molecule has 0 saturated carbocycles. The van der Waals surface area contributed by atoms with Crippen LogP contribution < -0.4 is 20.2 Å². The number of nitrogens with one attached hydrogen (secondary N) is 2. The van der Waals surface area contributed by atoms with E-state index >= 15 is 0 Å². The summed E-state index contributed by atoms with van der Waals surface area (Å²) in [4.78, 5) is 29.0. The van der Waals surface area contributed by atoms with Crippen molar-refractivity contribution in [1.82, 2.24) is 10.4 Å². The Morgan fingerprint density at radius 3 is 2.62 bits per heavy atom. The summed E-state index contributed by atoms with van der Waals surface area (Å²) in [7, 11) is 0. The van der Waals surface area contributed by atoms with Gasteiger partial charge in [0, 0.05) is 5.69 Å². The number of para-hydroxylation sites is 1. The molecule has 2 amide bonds. The minimum Gasteiger partial charge on any atom is -0.490 e. The summed E-state index contributed by atoms with van der Waals surface area (Å²) >= 11 is 2.93. The van der Waals surface area contributed by atoms with Crippen molar-refractivity contribution in [3.63, 3.8) is 0 Å². The average molecular weight is 535 g/mol. The van der Waals surface area contributed by atoms with Crippen LogP contribution in [0.25, 0.3) is 10.2 Å². The van der Waals surface area contributed by atoms with Gasteiger partial charge in [-0.25, -0.2) is 10.4 Å². The second-order valence-electron chi connectivity index (χ2n) is 7.87. The highest BCUT2D eigenvalue weighted by Gasteiger charge is 2.10. The molecule has 8 nitrogen and oxygen atoms in total. The zero-order valence-corrected chi connectivity index (χ0v) is 22.0. The van der Waals surface area contributed by atoms with Crippen LogP contribution in [-0.2, 0) is 9.59 Å². The van der Waals surface area contributed by atoms with Crippen LogP contribution in [0.4, 0.5) is 5.69 Å². The van der Waals surface area contributed by atoms with E-state index in [0.717, 1.165) is 20.1 Å². The molecule has 3 aromatic carbocycles. The van der Waals surface area contributed by atoms with Gasteiger partial charge in [0.1, 0.15) is 0 Å². The molecule has 2 N–H and O–H groups in total. The van der Waals surface area contributed by atoms with Crippen LogP contribution in [0.5, 0.6) is 11.5 Å². The maximum Gasteiger partial charge on any atom is 0.262 e. The highest BCUT2D eigenvalue weighted by Crippen LogP contribution is 2.29. The molecule has 190 valence electrons. The van der Waals surface area contributed by atoms with Gasteiger partial charge in [0.25, 0.3) is 11.8 Å². The largest absolute Gasteiger partial charge is 0.490 e. The molecule has 10 heteroatoms. The third-order valence-electron chi connectivity index (χ3n) is 4.97. The third kappa shape index (κ3) is 7.80. The van der Waals surface area contributed by atoms with Gasteiger partial charge in [-0.1, -0.05) is 41.6 Å². The normalized spacial score (nSPS) is 11.0. The van der Waals surface area contributed by atoms with Crippen molar-refractivity contribution in [1.29, 1.82) is 0 Å². The number of thioether (sulfide) groups is 1. The molecule has 0 saturated heterocycles. The van der Waals surface area contributed by atoms with Gasteiger partial charge in [0.15, 0.2) is 22.4 Å². The second-order valence-corrected chi connectivity index (χ2v) is 10.1. The fourth-order valence-electron chi connectivity index (χ4n) is 3.22. The third-order valence-corrected chi connectivity index (χ3v) is 7.14. The molecule has 1 aromatic heterocycles. The number of ether oxygens (including phenoxy) is 2. The van der Waals surface area contributed by atoms with E-state index in [1.165, 1.54) is 18.0 Å². The first-order chi connectivity index (χ1) is 18.0. The molecule has 1 heterocycles. The minimum absolute atomic E-state index is 0.163. The van der Waals surface area contributed by atoms with E-state index in [0.29, 0.717) is 29.4 Å². The lowest BCUT2D eigenvalue weighted by Crippen LogP contribution is -2.20. The van der Waals surface area contributed by atoms with Gasteiger partial charge < -0.3 is 14.8 Å². The molecule has 0 aliphatic carbocycles.